The van der Waals surface area contributed by atoms with Gasteiger partial charge in [-0.05, 0) is 22.9 Å². The van der Waals surface area contributed by atoms with Crippen molar-refractivity contribution >= 4 is 39.7 Å². The van der Waals surface area contributed by atoms with Gasteiger partial charge in [-0.1, -0.05) is 12.1 Å². The van der Waals surface area contributed by atoms with Gasteiger partial charge in [0.25, 0.3) is 0 Å². The molecule has 2 rings (SSSR count). The van der Waals surface area contributed by atoms with E-state index in [1.807, 2.05) is 23.6 Å². The van der Waals surface area contributed by atoms with Crippen LogP contribution in [0.2, 0.25) is 0 Å². The second-order valence-electron chi connectivity index (χ2n) is 2.59. The van der Waals surface area contributed by atoms with E-state index < -0.39 is 0 Å². The highest BCUT2D eigenvalue weighted by atomic mass is 35.5. The predicted molar refractivity (Wildman–Crippen MR) is 85.4 cm³/mol. The molecule has 1 heterocycles. The van der Waals surface area contributed by atoms with E-state index in [-0.39, 0.29) is 56.6 Å². The van der Waals surface area contributed by atoms with Gasteiger partial charge in [-0.3, -0.25) is 5.41 Å². The van der Waals surface area contributed by atoms with Crippen molar-refractivity contribution in [1.82, 2.24) is 0 Å². The van der Waals surface area contributed by atoms with Crippen LogP contribution in [-0.2, 0) is 0 Å². The van der Waals surface area contributed by atoms with Gasteiger partial charge in [0.15, 0.2) is 0 Å². The lowest BCUT2D eigenvalue weighted by Gasteiger charge is -1.96. The van der Waals surface area contributed by atoms with Gasteiger partial charge >= 0.3 is 0 Å². The van der Waals surface area contributed by atoms with Gasteiger partial charge < -0.3 is 44.1 Å². The van der Waals surface area contributed by atoms with E-state index in [0.717, 1.165) is 5.56 Å². The second-order valence-corrected chi connectivity index (χ2v) is 3.53. The van der Waals surface area contributed by atoms with Crippen LogP contribution < -0.4 is 5.73 Å². The minimum absolute atomic E-state index is 0. The Morgan fingerprint density at radius 3 is 1.85 bits per heavy atom. The number of nitrogens with one attached hydrogen (secondary N) is 1. The van der Waals surface area contributed by atoms with E-state index in [0.29, 0.717) is 0 Å². The fourth-order valence-corrected chi connectivity index (χ4v) is 1.95. The lowest BCUT2D eigenvalue weighted by Crippen LogP contribution is -2.10. The molecule has 0 fully saturated rings. The lowest BCUT2D eigenvalue weighted by molar-refractivity contribution is 0.823. The number of hydrogen-bond donors (Lipinski definition) is 2. The van der Waals surface area contributed by atoms with E-state index in [1.165, 1.54) is 10.1 Å². The Labute approximate surface area is 125 Å². The molecule has 0 saturated carbocycles. The van der Waals surface area contributed by atoms with Crippen molar-refractivity contribution in [2.24, 2.45) is 5.73 Å². The SMILES string of the molecule is Cl.N=C(N)c1ccc2ccsc2c1.O.O.O.O.O.O.O. The number of rotatable bonds is 1. The van der Waals surface area contributed by atoms with Crippen molar-refractivity contribution in [1.29, 1.82) is 5.41 Å². The molecule has 11 heteroatoms. The Balaban J connectivity index is -0.0000000422. The van der Waals surface area contributed by atoms with Crippen molar-refractivity contribution < 1.29 is 38.3 Å². The molecule has 0 amide bonds. The molecule has 0 radical (unpaired) electrons. The standard InChI is InChI=1S/C9H8N2S.ClH.7H2O/c10-9(11)7-2-1-6-3-4-12-8(6)5-7;;;;;;;;/h1-5H,(H3,10,11);1H;7*1H2. The lowest BCUT2D eigenvalue weighted by atomic mass is 10.2. The fraction of sp³-hybridized carbons (Fsp3) is 0. The van der Waals surface area contributed by atoms with Crippen molar-refractivity contribution in [3.05, 3.63) is 35.2 Å². The third-order valence-corrected chi connectivity index (χ3v) is 2.65. The monoisotopic (exact) mass is 338 g/mol. The van der Waals surface area contributed by atoms with Gasteiger partial charge in [-0.2, -0.15) is 0 Å². The molecular weight excluding hydrogens is 316 g/mol. The molecule has 0 aliphatic carbocycles. The van der Waals surface area contributed by atoms with Crippen LogP contribution >= 0.6 is 23.7 Å². The van der Waals surface area contributed by atoms with E-state index in [9.17, 15) is 0 Å². The number of fused-ring (bicyclic) bond motifs is 1. The smallest absolute Gasteiger partial charge is 0.122 e. The summed E-state index contributed by atoms with van der Waals surface area (Å²) in [7, 11) is 0. The zero-order valence-corrected chi connectivity index (χ0v) is 11.9. The molecular formula is C9H23ClN2O7S. The molecule has 0 aliphatic heterocycles. The molecule has 9 nitrogen and oxygen atoms in total. The average molecular weight is 339 g/mol. The van der Waals surface area contributed by atoms with Crippen LogP contribution in [0.1, 0.15) is 5.56 Å². The van der Waals surface area contributed by atoms with Crippen LogP contribution in [0.15, 0.2) is 29.6 Å². The number of amidine groups is 1. The molecule has 124 valence electrons. The van der Waals surface area contributed by atoms with Crippen LogP contribution in [0.3, 0.4) is 0 Å². The van der Waals surface area contributed by atoms with Crippen LogP contribution in [0.4, 0.5) is 0 Å². The summed E-state index contributed by atoms with van der Waals surface area (Å²) in [6, 6.07) is 7.87. The summed E-state index contributed by atoms with van der Waals surface area (Å²) in [5.41, 5.74) is 6.16. The highest BCUT2D eigenvalue weighted by molar-refractivity contribution is 7.17. The van der Waals surface area contributed by atoms with E-state index in [4.69, 9.17) is 11.1 Å². The molecule has 0 atom stereocenters. The number of benzene rings is 1. The zero-order valence-electron chi connectivity index (χ0n) is 10.3. The normalized spacial score (nSPS) is 6.20. The molecule has 2 aromatic rings. The van der Waals surface area contributed by atoms with E-state index >= 15 is 0 Å². The van der Waals surface area contributed by atoms with Gasteiger partial charge in [0.05, 0.1) is 0 Å². The van der Waals surface area contributed by atoms with Crippen LogP contribution in [0.5, 0.6) is 0 Å². The topological polar surface area (TPSA) is 270 Å². The van der Waals surface area contributed by atoms with E-state index in [2.05, 4.69) is 6.07 Å². The molecule has 17 N–H and O–H groups in total. The molecule has 0 unspecified atom stereocenters. The Kier molecular flexibility index (Phi) is 37.8. The molecule has 0 bridgehead atoms. The van der Waals surface area contributed by atoms with Crippen LogP contribution in [0, 0.1) is 5.41 Å². The summed E-state index contributed by atoms with van der Waals surface area (Å²) in [4.78, 5) is 0. The third kappa shape index (κ3) is 8.71. The summed E-state index contributed by atoms with van der Waals surface area (Å²) in [6.07, 6.45) is 0. The second kappa shape index (κ2) is 17.7. The first kappa shape index (κ1) is 42.8. The molecule has 0 aliphatic rings. The molecule has 0 saturated heterocycles. The van der Waals surface area contributed by atoms with Crippen molar-refractivity contribution in [3.63, 3.8) is 0 Å². The Bertz CT molecular complexity index is 455. The highest BCUT2D eigenvalue weighted by Gasteiger charge is 1.98. The molecule has 1 aromatic carbocycles. The van der Waals surface area contributed by atoms with Crippen molar-refractivity contribution in [2.75, 3.05) is 0 Å². The van der Waals surface area contributed by atoms with Crippen molar-refractivity contribution in [3.8, 4) is 0 Å². The van der Waals surface area contributed by atoms with Gasteiger partial charge in [-0.15, -0.1) is 23.7 Å². The first-order valence-corrected chi connectivity index (χ1v) is 4.47. The summed E-state index contributed by atoms with van der Waals surface area (Å²) < 4.78 is 1.18. The number of hydrogen-bond acceptors (Lipinski definition) is 2. The quantitative estimate of drug-likeness (QED) is 0.395. The summed E-state index contributed by atoms with van der Waals surface area (Å²) >= 11 is 1.67. The maximum atomic E-state index is 7.25. The Morgan fingerprint density at radius 1 is 0.900 bits per heavy atom. The third-order valence-electron chi connectivity index (χ3n) is 1.77. The van der Waals surface area contributed by atoms with Crippen LogP contribution in [-0.4, -0.2) is 44.2 Å². The fourth-order valence-electron chi connectivity index (χ4n) is 1.12. The first-order valence-electron chi connectivity index (χ1n) is 3.59. The van der Waals surface area contributed by atoms with Gasteiger partial charge in [-0.25, -0.2) is 0 Å². The number of halogens is 1. The number of nitrogen functional groups attached to an aromatic ring is 1. The predicted octanol–water partition coefficient (Wildman–Crippen LogP) is -3.17. The molecule has 0 spiro atoms. The number of nitrogens with two attached hydrogens (primary N) is 1. The van der Waals surface area contributed by atoms with Crippen LogP contribution in [0.25, 0.3) is 10.1 Å². The van der Waals surface area contributed by atoms with Crippen molar-refractivity contribution in [2.45, 2.75) is 0 Å². The average Bonchev–Trinajstić information content (AvgIpc) is 2.49. The highest BCUT2D eigenvalue weighted by Crippen LogP contribution is 2.21. The molecule has 20 heavy (non-hydrogen) atoms. The van der Waals surface area contributed by atoms with Gasteiger partial charge in [0, 0.05) is 10.3 Å². The summed E-state index contributed by atoms with van der Waals surface area (Å²) in [5.74, 6) is 0.130. The summed E-state index contributed by atoms with van der Waals surface area (Å²) in [6.45, 7) is 0. The molecule has 1 aromatic heterocycles. The largest absolute Gasteiger partial charge is 0.412 e. The Morgan fingerprint density at radius 2 is 1.40 bits per heavy atom. The Hall–Kier alpha value is -1.34. The maximum absolute atomic E-state index is 7.25. The zero-order chi connectivity index (χ0) is 8.55. The minimum atomic E-state index is 0. The summed E-state index contributed by atoms with van der Waals surface area (Å²) in [5, 5.41) is 10.5. The minimum Gasteiger partial charge on any atom is -0.412 e. The number of thiophene rings is 1. The maximum Gasteiger partial charge on any atom is 0.122 e. The first-order chi connectivity index (χ1) is 5.77. The van der Waals surface area contributed by atoms with Gasteiger partial charge in [0.2, 0.25) is 0 Å². The van der Waals surface area contributed by atoms with E-state index in [1.54, 1.807) is 11.3 Å². The van der Waals surface area contributed by atoms with Gasteiger partial charge in [0.1, 0.15) is 5.84 Å².